The van der Waals surface area contributed by atoms with Gasteiger partial charge in [0.2, 0.25) is 6.79 Å². The molecule has 0 fully saturated rings. The summed E-state index contributed by atoms with van der Waals surface area (Å²) in [6.45, 7) is 2.47. The van der Waals surface area contributed by atoms with E-state index in [9.17, 15) is 0 Å². The molecule has 0 amide bonds. The normalized spacial score (nSPS) is 14.0. The zero-order chi connectivity index (χ0) is 14.9. The van der Waals surface area contributed by atoms with Crippen molar-refractivity contribution < 1.29 is 9.47 Å². The number of ether oxygens (including phenoxy) is 2. The Bertz CT molecular complexity index is 829. The van der Waals surface area contributed by atoms with E-state index in [1.54, 1.807) is 0 Å². The predicted molar refractivity (Wildman–Crippen MR) is 88.6 cm³/mol. The van der Waals surface area contributed by atoms with Crippen molar-refractivity contribution in [2.24, 2.45) is 0 Å². The van der Waals surface area contributed by atoms with Crippen LogP contribution in [0.3, 0.4) is 0 Å². The second kappa shape index (κ2) is 5.26. The molecular formula is C19H17NO2. The van der Waals surface area contributed by atoms with E-state index in [0.29, 0.717) is 6.79 Å². The van der Waals surface area contributed by atoms with Crippen LogP contribution in [0.2, 0.25) is 0 Å². The van der Waals surface area contributed by atoms with Gasteiger partial charge in [0.15, 0.2) is 11.5 Å². The molecule has 0 spiro atoms. The lowest BCUT2D eigenvalue weighted by atomic mass is 10.0. The molecule has 1 atom stereocenters. The summed E-state index contributed by atoms with van der Waals surface area (Å²) in [6.07, 6.45) is 0. The first-order valence-electron chi connectivity index (χ1n) is 7.44. The van der Waals surface area contributed by atoms with Gasteiger partial charge in [-0.2, -0.15) is 0 Å². The van der Waals surface area contributed by atoms with E-state index in [4.69, 9.17) is 9.47 Å². The lowest BCUT2D eigenvalue weighted by Gasteiger charge is -2.16. The van der Waals surface area contributed by atoms with Crippen LogP contribution in [0.1, 0.15) is 18.5 Å². The first kappa shape index (κ1) is 13.0. The predicted octanol–water partition coefficient (Wildman–Crippen LogP) is 4.74. The molecule has 1 aliphatic heterocycles. The van der Waals surface area contributed by atoms with Crippen molar-refractivity contribution in [3.05, 3.63) is 66.2 Å². The maximum atomic E-state index is 5.42. The standard InChI is InChI=1S/C19H17NO2/c1-13(15-7-6-14-4-2-3-5-16(14)10-15)20-17-8-9-18-19(11-17)22-12-21-18/h2-11,13,20H,12H2,1H3. The van der Waals surface area contributed by atoms with Crippen LogP contribution >= 0.6 is 0 Å². The van der Waals surface area contributed by atoms with Gasteiger partial charge in [0.25, 0.3) is 0 Å². The number of nitrogens with one attached hydrogen (secondary N) is 1. The molecular weight excluding hydrogens is 274 g/mol. The Balaban J connectivity index is 1.59. The molecule has 0 bridgehead atoms. The summed E-state index contributed by atoms with van der Waals surface area (Å²) in [5, 5.41) is 6.05. The van der Waals surface area contributed by atoms with Gasteiger partial charge in [0.1, 0.15) is 0 Å². The maximum absolute atomic E-state index is 5.42. The van der Waals surface area contributed by atoms with E-state index in [1.807, 2.05) is 18.2 Å². The largest absolute Gasteiger partial charge is 0.454 e. The zero-order valence-corrected chi connectivity index (χ0v) is 12.4. The van der Waals surface area contributed by atoms with Crippen molar-refractivity contribution in [1.82, 2.24) is 0 Å². The molecule has 1 aliphatic rings. The van der Waals surface area contributed by atoms with E-state index in [1.165, 1.54) is 16.3 Å². The molecule has 0 radical (unpaired) electrons. The second-order valence-electron chi connectivity index (χ2n) is 5.54. The van der Waals surface area contributed by atoms with E-state index in [2.05, 4.69) is 54.7 Å². The quantitative estimate of drug-likeness (QED) is 0.756. The Labute approximate surface area is 129 Å². The molecule has 110 valence electrons. The van der Waals surface area contributed by atoms with Gasteiger partial charge in [-0.3, -0.25) is 0 Å². The van der Waals surface area contributed by atoms with Gasteiger partial charge in [0.05, 0.1) is 0 Å². The molecule has 0 saturated heterocycles. The highest BCUT2D eigenvalue weighted by Crippen LogP contribution is 2.35. The van der Waals surface area contributed by atoms with Crippen molar-refractivity contribution in [2.45, 2.75) is 13.0 Å². The average molecular weight is 291 g/mol. The number of fused-ring (bicyclic) bond motifs is 2. The van der Waals surface area contributed by atoms with E-state index >= 15 is 0 Å². The highest BCUT2D eigenvalue weighted by Gasteiger charge is 2.14. The first-order valence-corrected chi connectivity index (χ1v) is 7.44. The van der Waals surface area contributed by atoms with Crippen LogP contribution in [-0.2, 0) is 0 Å². The fourth-order valence-electron chi connectivity index (χ4n) is 2.80. The fraction of sp³-hybridized carbons (Fsp3) is 0.158. The topological polar surface area (TPSA) is 30.5 Å². The van der Waals surface area contributed by atoms with Crippen LogP contribution < -0.4 is 14.8 Å². The Morgan fingerprint density at radius 2 is 1.68 bits per heavy atom. The Hall–Kier alpha value is -2.68. The molecule has 3 heteroatoms. The summed E-state index contributed by atoms with van der Waals surface area (Å²) in [5.41, 5.74) is 2.29. The van der Waals surface area contributed by atoms with E-state index in [0.717, 1.165) is 17.2 Å². The van der Waals surface area contributed by atoms with Crippen molar-refractivity contribution in [1.29, 1.82) is 0 Å². The first-order chi connectivity index (χ1) is 10.8. The van der Waals surface area contributed by atoms with Gasteiger partial charge in [0, 0.05) is 17.8 Å². The molecule has 3 aromatic rings. The number of hydrogen-bond acceptors (Lipinski definition) is 3. The number of anilines is 1. The third-order valence-electron chi connectivity index (χ3n) is 4.03. The van der Waals surface area contributed by atoms with Crippen LogP contribution in [0.15, 0.2) is 60.7 Å². The molecule has 1 unspecified atom stereocenters. The number of hydrogen-bond donors (Lipinski definition) is 1. The Kier molecular flexibility index (Phi) is 3.11. The molecule has 0 aliphatic carbocycles. The second-order valence-corrected chi connectivity index (χ2v) is 5.54. The van der Waals surface area contributed by atoms with Gasteiger partial charge in [-0.25, -0.2) is 0 Å². The highest BCUT2D eigenvalue weighted by molar-refractivity contribution is 5.83. The molecule has 0 aromatic heterocycles. The lowest BCUT2D eigenvalue weighted by molar-refractivity contribution is 0.174. The number of benzene rings is 3. The van der Waals surface area contributed by atoms with E-state index < -0.39 is 0 Å². The summed E-state index contributed by atoms with van der Waals surface area (Å²) in [5.74, 6) is 1.61. The monoisotopic (exact) mass is 291 g/mol. The van der Waals surface area contributed by atoms with Crippen molar-refractivity contribution >= 4 is 16.5 Å². The zero-order valence-electron chi connectivity index (χ0n) is 12.4. The van der Waals surface area contributed by atoms with Crippen LogP contribution in [0.5, 0.6) is 11.5 Å². The Morgan fingerprint density at radius 1 is 0.864 bits per heavy atom. The summed E-state index contributed by atoms with van der Waals surface area (Å²) in [4.78, 5) is 0. The summed E-state index contributed by atoms with van der Waals surface area (Å²) in [7, 11) is 0. The van der Waals surface area contributed by atoms with Crippen molar-refractivity contribution in [3.63, 3.8) is 0 Å². The molecule has 3 aromatic carbocycles. The van der Waals surface area contributed by atoms with Crippen LogP contribution in [0, 0.1) is 0 Å². The van der Waals surface area contributed by atoms with Gasteiger partial charge in [-0.05, 0) is 41.5 Å². The van der Waals surface area contributed by atoms with Crippen LogP contribution in [0.25, 0.3) is 10.8 Å². The fourth-order valence-corrected chi connectivity index (χ4v) is 2.80. The third kappa shape index (κ3) is 2.35. The minimum absolute atomic E-state index is 0.213. The highest BCUT2D eigenvalue weighted by atomic mass is 16.7. The molecule has 0 saturated carbocycles. The SMILES string of the molecule is CC(Nc1ccc2c(c1)OCO2)c1ccc2ccccc2c1. The van der Waals surface area contributed by atoms with Crippen molar-refractivity contribution in [3.8, 4) is 11.5 Å². The van der Waals surface area contributed by atoms with Crippen molar-refractivity contribution in [2.75, 3.05) is 12.1 Å². The summed E-state index contributed by atoms with van der Waals surface area (Å²) in [6, 6.07) is 21.2. The smallest absolute Gasteiger partial charge is 0.231 e. The molecule has 22 heavy (non-hydrogen) atoms. The molecule has 4 rings (SSSR count). The lowest BCUT2D eigenvalue weighted by Crippen LogP contribution is -2.06. The van der Waals surface area contributed by atoms with E-state index in [-0.39, 0.29) is 6.04 Å². The van der Waals surface area contributed by atoms with Gasteiger partial charge < -0.3 is 14.8 Å². The van der Waals surface area contributed by atoms with Gasteiger partial charge in [-0.1, -0.05) is 36.4 Å². The summed E-state index contributed by atoms with van der Waals surface area (Å²) < 4.78 is 10.8. The van der Waals surface area contributed by atoms with Gasteiger partial charge >= 0.3 is 0 Å². The van der Waals surface area contributed by atoms with Gasteiger partial charge in [-0.15, -0.1) is 0 Å². The minimum Gasteiger partial charge on any atom is -0.454 e. The van der Waals surface area contributed by atoms with Crippen LogP contribution in [-0.4, -0.2) is 6.79 Å². The Morgan fingerprint density at radius 3 is 2.59 bits per heavy atom. The maximum Gasteiger partial charge on any atom is 0.231 e. The molecule has 3 nitrogen and oxygen atoms in total. The molecule has 1 heterocycles. The molecule has 1 N–H and O–H groups in total. The van der Waals surface area contributed by atoms with Crippen LogP contribution in [0.4, 0.5) is 5.69 Å². The third-order valence-corrected chi connectivity index (χ3v) is 4.03. The summed E-state index contributed by atoms with van der Waals surface area (Å²) >= 11 is 0. The average Bonchev–Trinajstić information content (AvgIpc) is 3.02. The minimum atomic E-state index is 0.213. The number of rotatable bonds is 3.